The number of alkyl halides is 3. The van der Waals surface area contributed by atoms with Crippen molar-refractivity contribution in [3.63, 3.8) is 0 Å². The number of hydrogen-bond acceptors (Lipinski definition) is 4. The van der Waals surface area contributed by atoms with E-state index >= 15 is 0 Å². The van der Waals surface area contributed by atoms with Crippen LogP contribution in [0, 0.1) is 0 Å². The monoisotopic (exact) mass is 482 g/mol. The second-order valence-electron chi connectivity index (χ2n) is 8.20. The molecule has 0 spiro atoms. The van der Waals surface area contributed by atoms with Crippen LogP contribution in [0.4, 0.5) is 18.9 Å². The van der Waals surface area contributed by atoms with Crippen molar-refractivity contribution in [1.29, 1.82) is 0 Å². The zero-order valence-electron chi connectivity index (χ0n) is 17.8. The molecule has 3 N–H and O–H groups in total. The molecule has 178 valence electrons. The minimum absolute atomic E-state index is 0.0936. The molecule has 6 nitrogen and oxygen atoms in total. The van der Waals surface area contributed by atoms with Crippen LogP contribution in [0.15, 0.2) is 41.8 Å². The second kappa shape index (κ2) is 10.4. The lowest BCUT2D eigenvalue weighted by Crippen LogP contribution is -2.42. The average Bonchev–Trinajstić information content (AvgIpc) is 3.40. The number of carbonyl (C=O) groups excluding carboxylic acids is 2. The molecule has 0 radical (unpaired) electrons. The fourth-order valence-electron chi connectivity index (χ4n) is 3.82. The molecular weight excluding hydrogens is 457 g/mol. The summed E-state index contributed by atoms with van der Waals surface area (Å²) in [5.74, 6) is -2.67. The van der Waals surface area contributed by atoms with Crippen molar-refractivity contribution in [2.24, 2.45) is 0 Å². The number of thiophene rings is 1. The number of halogens is 3. The Morgan fingerprint density at radius 3 is 2.09 bits per heavy atom. The maximum Gasteiger partial charge on any atom is 0.490 e. The number of aliphatic carboxylic acids is 1. The molecule has 0 atom stereocenters. The maximum atomic E-state index is 12.8. The molecule has 2 aliphatic rings. The Labute approximate surface area is 193 Å². The Morgan fingerprint density at radius 2 is 1.61 bits per heavy atom. The highest BCUT2D eigenvalue weighted by Crippen LogP contribution is 2.48. The van der Waals surface area contributed by atoms with Gasteiger partial charge in [0.05, 0.1) is 10.3 Å². The number of amides is 2. The number of benzene rings is 1. The van der Waals surface area contributed by atoms with E-state index in [9.17, 15) is 22.8 Å². The molecule has 2 fully saturated rings. The van der Waals surface area contributed by atoms with E-state index in [1.807, 2.05) is 41.8 Å². The molecule has 2 aliphatic carbocycles. The van der Waals surface area contributed by atoms with Crippen LogP contribution in [-0.2, 0) is 15.0 Å². The van der Waals surface area contributed by atoms with Crippen LogP contribution in [0.2, 0.25) is 0 Å². The van der Waals surface area contributed by atoms with Crippen LogP contribution >= 0.6 is 11.3 Å². The Hall–Kier alpha value is -2.88. The van der Waals surface area contributed by atoms with E-state index in [0.29, 0.717) is 10.9 Å². The first-order valence-electron chi connectivity index (χ1n) is 10.7. The Balaban J connectivity index is 0.000000383. The van der Waals surface area contributed by atoms with Gasteiger partial charge in [-0.25, -0.2) is 4.79 Å². The molecule has 0 saturated heterocycles. The summed E-state index contributed by atoms with van der Waals surface area (Å²) in [5, 5.41) is 15.2. The molecule has 0 bridgehead atoms. The Morgan fingerprint density at radius 1 is 1.00 bits per heavy atom. The summed E-state index contributed by atoms with van der Waals surface area (Å²) in [6.45, 7) is 0. The lowest BCUT2D eigenvalue weighted by atomic mass is 9.91. The third-order valence-electron chi connectivity index (χ3n) is 5.81. The van der Waals surface area contributed by atoms with Crippen LogP contribution < -0.4 is 10.6 Å². The number of hydrogen-bond donors (Lipinski definition) is 3. The van der Waals surface area contributed by atoms with Crippen molar-refractivity contribution in [3.8, 4) is 0 Å². The molecule has 2 amide bonds. The molecule has 33 heavy (non-hydrogen) atoms. The van der Waals surface area contributed by atoms with Gasteiger partial charge in [-0.3, -0.25) is 9.59 Å². The summed E-state index contributed by atoms with van der Waals surface area (Å²) in [7, 11) is 0. The number of anilines is 1. The molecule has 10 heteroatoms. The summed E-state index contributed by atoms with van der Waals surface area (Å²) in [6, 6.07) is 11.8. The predicted octanol–water partition coefficient (Wildman–Crippen LogP) is 5.11. The van der Waals surface area contributed by atoms with Crippen LogP contribution in [0.5, 0.6) is 0 Å². The van der Waals surface area contributed by atoms with Gasteiger partial charge in [0.2, 0.25) is 5.91 Å². The third kappa shape index (κ3) is 6.56. The lowest BCUT2D eigenvalue weighted by molar-refractivity contribution is -0.192. The normalized spacial score (nSPS) is 17.3. The summed E-state index contributed by atoms with van der Waals surface area (Å²) < 4.78 is 31.7. The lowest BCUT2D eigenvalue weighted by Gasteiger charge is -2.25. The average molecular weight is 483 g/mol. The minimum Gasteiger partial charge on any atom is -0.475 e. The van der Waals surface area contributed by atoms with Crippen molar-refractivity contribution >= 4 is 34.8 Å². The maximum absolute atomic E-state index is 12.8. The Kier molecular flexibility index (Phi) is 7.78. The molecule has 0 aliphatic heterocycles. The van der Waals surface area contributed by atoms with E-state index in [4.69, 9.17) is 9.90 Å². The first-order chi connectivity index (χ1) is 15.6. The number of nitrogens with one attached hydrogen (secondary N) is 2. The zero-order valence-corrected chi connectivity index (χ0v) is 18.6. The van der Waals surface area contributed by atoms with Crippen molar-refractivity contribution in [3.05, 3.63) is 52.2 Å². The number of carboxylic acid groups (broad SMARTS) is 1. The van der Waals surface area contributed by atoms with Crippen molar-refractivity contribution < 1.29 is 32.7 Å². The summed E-state index contributed by atoms with van der Waals surface area (Å²) in [4.78, 5) is 34.6. The van der Waals surface area contributed by atoms with Gasteiger partial charge in [-0.05, 0) is 54.8 Å². The number of rotatable bonds is 5. The van der Waals surface area contributed by atoms with Crippen LogP contribution in [0.3, 0.4) is 0 Å². The Bertz CT molecular complexity index is 965. The van der Waals surface area contributed by atoms with E-state index in [0.717, 1.165) is 36.9 Å². The molecule has 4 rings (SSSR count). The smallest absolute Gasteiger partial charge is 0.475 e. The highest BCUT2D eigenvalue weighted by molar-refractivity contribution is 7.12. The van der Waals surface area contributed by atoms with Gasteiger partial charge in [0.1, 0.15) is 0 Å². The van der Waals surface area contributed by atoms with Crippen LogP contribution in [-0.4, -0.2) is 35.1 Å². The van der Waals surface area contributed by atoms with E-state index in [-0.39, 0.29) is 17.2 Å². The van der Waals surface area contributed by atoms with E-state index in [1.165, 1.54) is 30.6 Å². The molecule has 2 saturated carbocycles. The van der Waals surface area contributed by atoms with Gasteiger partial charge in [-0.1, -0.05) is 37.5 Å². The van der Waals surface area contributed by atoms with Gasteiger partial charge in [0.15, 0.2) is 0 Å². The highest BCUT2D eigenvalue weighted by atomic mass is 32.1. The topological polar surface area (TPSA) is 95.5 Å². The fraction of sp³-hybridized carbons (Fsp3) is 0.435. The second-order valence-corrected chi connectivity index (χ2v) is 9.15. The third-order valence-corrected chi connectivity index (χ3v) is 6.68. The quantitative estimate of drug-likeness (QED) is 0.552. The van der Waals surface area contributed by atoms with Crippen molar-refractivity contribution in [2.45, 2.75) is 62.6 Å². The van der Waals surface area contributed by atoms with Crippen molar-refractivity contribution in [2.75, 3.05) is 5.32 Å². The molecule has 1 heterocycles. The van der Waals surface area contributed by atoms with Gasteiger partial charge in [0, 0.05) is 11.7 Å². The van der Waals surface area contributed by atoms with Gasteiger partial charge < -0.3 is 15.7 Å². The van der Waals surface area contributed by atoms with Gasteiger partial charge in [0.25, 0.3) is 5.91 Å². The first kappa shape index (κ1) is 24.8. The first-order valence-corrected chi connectivity index (χ1v) is 11.6. The van der Waals surface area contributed by atoms with Crippen LogP contribution in [0.25, 0.3) is 0 Å². The minimum atomic E-state index is -5.08. The summed E-state index contributed by atoms with van der Waals surface area (Å²) in [6.07, 6.45) is 2.67. The molecular formula is C23H25F3N2O4S. The van der Waals surface area contributed by atoms with E-state index in [2.05, 4.69) is 10.6 Å². The summed E-state index contributed by atoms with van der Waals surface area (Å²) >= 11 is 1.42. The van der Waals surface area contributed by atoms with Gasteiger partial charge in [-0.15, -0.1) is 11.3 Å². The van der Waals surface area contributed by atoms with Gasteiger partial charge in [-0.2, -0.15) is 13.2 Å². The zero-order chi connectivity index (χ0) is 24.1. The fourth-order valence-corrected chi connectivity index (χ4v) is 4.43. The molecule has 1 aromatic carbocycles. The summed E-state index contributed by atoms with van der Waals surface area (Å²) in [5.41, 5.74) is 1.46. The SMILES string of the molecule is O=C(Nc1ccc(C2(C(=O)NC3CCCCC3)CC2)cc1)c1cccs1.O=C(O)C(F)(F)F. The molecule has 2 aromatic rings. The molecule has 0 unspecified atom stereocenters. The predicted molar refractivity (Wildman–Crippen MR) is 118 cm³/mol. The largest absolute Gasteiger partial charge is 0.490 e. The van der Waals surface area contributed by atoms with Gasteiger partial charge >= 0.3 is 12.1 Å². The van der Waals surface area contributed by atoms with Crippen LogP contribution in [0.1, 0.15) is 60.2 Å². The van der Waals surface area contributed by atoms with E-state index in [1.54, 1.807) is 0 Å². The van der Waals surface area contributed by atoms with Crippen molar-refractivity contribution in [1.82, 2.24) is 5.32 Å². The number of carbonyl (C=O) groups is 3. The highest BCUT2D eigenvalue weighted by Gasteiger charge is 2.51. The van der Waals surface area contributed by atoms with E-state index < -0.39 is 12.1 Å². The number of carboxylic acids is 1. The standard InChI is InChI=1S/C21H24N2O2S.C2HF3O2/c24-19(18-7-4-14-26-18)22-17-10-8-15(9-11-17)21(12-13-21)20(25)23-16-5-2-1-3-6-16;3-2(4,5)1(6)7/h4,7-11,14,16H,1-3,5-6,12-13H2,(H,22,24)(H,23,25);(H,6,7). The molecule has 1 aromatic heterocycles.